The third kappa shape index (κ3) is 4.25. The molecule has 0 bridgehead atoms. The quantitative estimate of drug-likeness (QED) is 0.750. The van der Waals surface area contributed by atoms with E-state index in [0.717, 1.165) is 5.56 Å². The van der Waals surface area contributed by atoms with Crippen LogP contribution in [0.4, 0.5) is 4.79 Å². The van der Waals surface area contributed by atoms with Gasteiger partial charge in [-0.2, -0.15) is 0 Å². The molecule has 1 aromatic rings. The molecule has 0 spiro atoms. The molecule has 0 atom stereocenters. The highest BCUT2D eigenvalue weighted by Gasteiger charge is 2.50. The van der Waals surface area contributed by atoms with Crippen LogP contribution in [0.3, 0.4) is 0 Å². The van der Waals surface area contributed by atoms with Crippen molar-refractivity contribution in [2.75, 3.05) is 13.1 Å². The molecule has 1 aliphatic carbocycles. The Morgan fingerprint density at radius 2 is 1.95 bits per heavy atom. The fraction of sp³-hybridized carbons (Fsp3) is 0.429. The Balaban J connectivity index is 1.71. The smallest absolute Gasteiger partial charge is 0.314 e. The number of carbonyl (C=O) groups excluding carboxylic acids is 1. The lowest BCUT2D eigenvalue weighted by Crippen LogP contribution is -2.41. The van der Waals surface area contributed by atoms with Crippen LogP contribution in [0.15, 0.2) is 18.2 Å². The molecule has 2 amide bonds. The van der Waals surface area contributed by atoms with E-state index in [1.54, 1.807) is 12.1 Å². The zero-order valence-corrected chi connectivity index (χ0v) is 12.8. The lowest BCUT2D eigenvalue weighted by Gasteiger charge is -2.12. The first-order chi connectivity index (χ1) is 9.93. The number of hydrogen-bond donors (Lipinski definition) is 3. The average Bonchev–Trinajstić information content (AvgIpc) is 3.20. The summed E-state index contributed by atoms with van der Waals surface area (Å²) in [7, 11) is 0. The molecule has 0 heterocycles. The van der Waals surface area contributed by atoms with E-state index in [1.807, 2.05) is 6.07 Å². The fourth-order valence-electron chi connectivity index (χ4n) is 1.96. The Morgan fingerprint density at radius 1 is 1.24 bits per heavy atom. The second kappa shape index (κ2) is 6.54. The molecule has 114 valence electrons. The Labute approximate surface area is 132 Å². The zero-order valence-electron chi connectivity index (χ0n) is 11.3. The van der Waals surface area contributed by atoms with E-state index in [9.17, 15) is 9.59 Å². The molecule has 7 heteroatoms. The van der Waals surface area contributed by atoms with Gasteiger partial charge in [-0.1, -0.05) is 29.3 Å². The number of benzene rings is 1. The SMILES string of the molecule is O=C(NCCc1ccc(Cl)cc1Cl)NCC1(C(=O)O)CC1. The Bertz CT molecular complexity index is 559. The molecule has 5 nitrogen and oxygen atoms in total. The van der Waals surface area contributed by atoms with Gasteiger partial charge in [-0.05, 0) is 37.0 Å². The number of amides is 2. The average molecular weight is 331 g/mol. The van der Waals surface area contributed by atoms with Crippen molar-refractivity contribution in [3.05, 3.63) is 33.8 Å². The number of rotatable bonds is 6. The summed E-state index contributed by atoms with van der Waals surface area (Å²) in [6.07, 6.45) is 1.81. The van der Waals surface area contributed by atoms with Gasteiger partial charge in [0.15, 0.2) is 0 Å². The van der Waals surface area contributed by atoms with Gasteiger partial charge in [-0.3, -0.25) is 4.79 Å². The molecule has 0 saturated heterocycles. The van der Waals surface area contributed by atoms with Crippen molar-refractivity contribution in [3.8, 4) is 0 Å². The fourth-order valence-corrected chi connectivity index (χ4v) is 2.47. The Kier molecular flexibility index (Phi) is 4.96. The molecule has 0 radical (unpaired) electrons. The molecular formula is C14H16Cl2N2O3. The van der Waals surface area contributed by atoms with Gasteiger partial charge in [0.1, 0.15) is 0 Å². The molecule has 1 aliphatic rings. The van der Waals surface area contributed by atoms with Crippen molar-refractivity contribution in [1.82, 2.24) is 10.6 Å². The molecule has 21 heavy (non-hydrogen) atoms. The minimum absolute atomic E-state index is 0.163. The molecule has 0 aromatic heterocycles. The van der Waals surface area contributed by atoms with Gasteiger partial charge in [-0.15, -0.1) is 0 Å². The summed E-state index contributed by atoms with van der Waals surface area (Å²) >= 11 is 11.8. The van der Waals surface area contributed by atoms with Crippen molar-refractivity contribution in [2.24, 2.45) is 5.41 Å². The monoisotopic (exact) mass is 330 g/mol. The third-order valence-corrected chi connectivity index (χ3v) is 4.18. The number of halogens is 2. The van der Waals surface area contributed by atoms with E-state index in [4.69, 9.17) is 28.3 Å². The van der Waals surface area contributed by atoms with E-state index in [1.165, 1.54) is 0 Å². The lowest BCUT2D eigenvalue weighted by atomic mass is 10.1. The van der Waals surface area contributed by atoms with Gasteiger partial charge in [0.25, 0.3) is 0 Å². The number of urea groups is 1. The summed E-state index contributed by atoms with van der Waals surface area (Å²) in [5.41, 5.74) is 0.141. The molecule has 0 unspecified atom stereocenters. The first-order valence-corrected chi connectivity index (χ1v) is 7.38. The van der Waals surface area contributed by atoms with Crippen LogP contribution in [0.2, 0.25) is 10.0 Å². The number of aliphatic carboxylic acids is 1. The van der Waals surface area contributed by atoms with Crippen molar-refractivity contribution >= 4 is 35.2 Å². The van der Waals surface area contributed by atoms with Gasteiger partial charge in [0, 0.05) is 23.1 Å². The normalized spacial score (nSPS) is 15.3. The molecule has 0 aliphatic heterocycles. The second-order valence-electron chi connectivity index (χ2n) is 5.18. The summed E-state index contributed by atoms with van der Waals surface area (Å²) < 4.78 is 0. The first-order valence-electron chi connectivity index (χ1n) is 6.62. The van der Waals surface area contributed by atoms with Crippen LogP contribution in [0.1, 0.15) is 18.4 Å². The van der Waals surface area contributed by atoms with E-state index in [0.29, 0.717) is 35.9 Å². The Morgan fingerprint density at radius 3 is 2.52 bits per heavy atom. The van der Waals surface area contributed by atoms with Crippen LogP contribution in [-0.4, -0.2) is 30.2 Å². The molecule has 1 fully saturated rings. The number of carboxylic acid groups (broad SMARTS) is 1. The highest BCUT2D eigenvalue weighted by Crippen LogP contribution is 2.45. The molecular weight excluding hydrogens is 315 g/mol. The highest BCUT2D eigenvalue weighted by atomic mass is 35.5. The number of hydrogen-bond acceptors (Lipinski definition) is 2. The van der Waals surface area contributed by atoms with Gasteiger partial charge < -0.3 is 15.7 Å². The van der Waals surface area contributed by atoms with E-state index in [2.05, 4.69) is 10.6 Å². The van der Waals surface area contributed by atoms with Crippen molar-refractivity contribution in [3.63, 3.8) is 0 Å². The lowest BCUT2D eigenvalue weighted by molar-refractivity contribution is -0.143. The first kappa shape index (κ1) is 15.9. The summed E-state index contributed by atoms with van der Waals surface area (Å²) in [5, 5.41) is 15.4. The topological polar surface area (TPSA) is 78.4 Å². The predicted octanol–water partition coefficient (Wildman–Crippen LogP) is 2.70. The zero-order chi connectivity index (χ0) is 15.5. The van der Waals surface area contributed by atoms with Crippen molar-refractivity contribution in [1.29, 1.82) is 0 Å². The van der Waals surface area contributed by atoms with Crippen molar-refractivity contribution in [2.45, 2.75) is 19.3 Å². The summed E-state index contributed by atoms with van der Waals surface area (Å²) in [6.45, 7) is 0.573. The van der Waals surface area contributed by atoms with Gasteiger partial charge in [-0.25, -0.2) is 4.79 Å². The highest BCUT2D eigenvalue weighted by molar-refractivity contribution is 6.35. The molecule has 1 saturated carbocycles. The number of nitrogens with one attached hydrogen (secondary N) is 2. The van der Waals surface area contributed by atoms with Crippen LogP contribution in [0, 0.1) is 5.41 Å². The van der Waals surface area contributed by atoms with Crippen LogP contribution in [0.5, 0.6) is 0 Å². The molecule has 1 aromatic carbocycles. The largest absolute Gasteiger partial charge is 0.481 e. The molecule has 2 rings (SSSR count). The van der Waals surface area contributed by atoms with Crippen LogP contribution in [0.25, 0.3) is 0 Å². The summed E-state index contributed by atoms with van der Waals surface area (Å²) in [4.78, 5) is 22.6. The maximum absolute atomic E-state index is 11.6. The van der Waals surface area contributed by atoms with Gasteiger partial charge >= 0.3 is 12.0 Å². The predicted molar refractivity (Wildman–Crippen MR) is 80.9 cm³/mol. The summed E-state index contributed by atoms with van der Waals surface area (Å²) in [5.74, 6) is -0.851. The van der Waals surface area contributed by atoms with Crippen LogP contribution < -0.4 is 10.6 Å². The van der Waals surface area contributed by atoms with E-state index >= 15 is 0 Å². The van der Waals surface area contributed by atoms with E-state index in [-0.39, 0.29) is 12.6 Å². The van der Waals surface area contributed by atoms with Crippen LogP contribution in [-0.2, 0) is 11.2 Å². The second-order valence-corrected chi connectivity index (χ2v) is 6.02. The van der Waals surface area contributed by atoms with Gasteiger partial charge in [0.2, 0.25) is 0 Å². The Hall–Kier alpha value is -1.46. The number of carbonyl (C=O) groups is 2. The number of carboxylic acids is 1. The maximum atomic E-state index is 11.6. The minimum atomic E-state index is -0.851. The van der Waals surface area contributed by atoms with Gasteiger partial charge in [0.05, 0.1) is 5.41 Å². The van der Waals surface area contributed by atoms with Crippen LogP contribution >= 0.6 is 23.2 Å². The third-order valence-electron chi connectivity index (χ3n) is 3.59. The minimum Gasteiger partial charge on any atom is -0.481 e. The van der Waals surface area contributed by atoms with E-state index < -0.39 is 11.4 Å². The summed E-state index contributed by atoms with van der Waals surface area (Å²) in [6, 6.07) is 4.84. The standard InChI is InChI=1S/C14H16Cl2N2O3/c15-10-2-1-9(11(16)7-10)3-6-17-13(21)18-8-14(4-5-14)12(19)20/h1-2,7H,3-6,8H2,(H,19,20)(H2,17,18,21). The molecule has 3 N–H and O–H groups in total. The van der Waals surface area contributed by atoms with Crippen molar-refractivity contribution < 1.29 is 14.7 Å². The maximum Gasteiger partial charge on any atom is 0.314 e.